The van der Waals surface area contributed by atoms with Crippen LogP contribution >= 0.6 is 0 Å². The van der Waals surface area contributed by atoms with Gasteiger partial charge in [-0.15, -0.1) is 0 Å². The Bertz CT molecular complexity index is 1740. The highest BCUT2D eigenvalue weighted by atomic mass is 32.2. The lowest BCUT2D eigenvalue weighted by Crippen LogP contribution is -2.49. The van der Waals surface area contributed by atoms with Crippen molar-refractivity contribution < 1.29 is 23.1 Å². The van der Waals surface area contributed by atoms with E-state index in [2.05, 4.69) is 36.2 Å². The van der Waals surface area contributed by atoms with Gasteiger partial charge in [-0.2, -0.15) is 5.10 Å². The number of aromatic nitrogens is 4. The third kappa shape index (κ3) is 8.57. The Morgan fingerprint density at radius 2 is 1.65 bits per heavy atom. The number of nitrogen functional groups attached to an aromatic ring is 1. The lowest BCUT2D eigenvalue weighted by atomic mass is 9.90. The number of fused-ring (bicyclic) bond motifs is 1. The summed E-state index contributed by atoms with van der Waals surface area (Å²) < 4.78 is 33.5. The van der Waals surface area contributed by atoms with Gasteiger partial charge in [-0.25, -0.2) is 27.8 Å². The van der Waals surface area contributed by atoms with Gasteiger partial charge in [-0.05, 0) is 74.7 Å². The number of sulfonamides is 1. The van der Waals surface area contributed by atoms with Crippen LogP contribution in [0.15, 0.2) is 54.9 Å². The molecule has 2 aromatic heterocycles. The number of carboxylic acids is 1. The molecule has 1 aliphatic heterocycles. The van der Waals surface area contributed by atoms with Gasteiger partial charge in [0.05, 0.1) is 17.7 Å². The van der Waals surface area contributed by atoms with Gasteiger partial charge in [0.1, 0.15) is 29.3 Å². The molecule has 0 unspecified atom stereocenters. The fraction of sp³-hybridized carbons (Fsp3) is 0.438. The van der Waals surface area contributed by atoms with Crippen molar-refractivity contribution in [2.24, 2.45) is 0 Å². The van der Waals surface area contributed by atoms with Crippen LogP contribution in [0.4, 0.5) is 5.82 Å². The van der Waals surface area contributed by atoms with Crippen molar-refractivity contribution in [2.45, 2.75) is 51.2 Å². The maximum absolute atomic E-state index is 11.4. The number of piperazine rings is 1. The Morgan fingerprint density at radius 3 is 2.30 bits per heavy atom. The molecule has 0 radical (unpaired) electrons. The molecular weight excluding hydrogens is 608 g/mol. The molecule has 1 saturated carbocycles. The topological polar surface area (TPSA) is 169 Å². The number of carboxylic acid groups (broad SMARTS) is 1. The maximum atomic E-state index is 11.4. The number of nitrogens with one attached hydrogen (secondary N) is 1. The highest BCUT2D eigenvalue weighted by molar-refractivity contribution is 7.88. The third-order valence-corrected chi connectivity index (χ3v) is 9.05. The predicted octanol–water partition coefficient (Wildman–Crippen LogP) is 3.74. The number of hydrogen-bond acceptors (Lipinski definition) is 10. The average molecular weight is 651 g/mol. The van der Waals surface area contributed by atoms with Gasteiger partial charge >= 0.3 is 0 Å². The predicted molar refractivity (Wildman–Crippen MR) is 177 cm³/mol. The van der Waals surface area contributed by atoms with Crippen molar-refractivity contribution >= 4 is 32.8 Å². The smallest absolute Gasteiger partial charge is 0.300 e. The number of benzene rings is 2. The molecule has 3 heterocycles. The zero-order chi connectivity index (χ0) is 32.8. The molecule has 246 valence electrons. The first kappa shape index (κ1) is 33.3. The molecule has 0 atom stereocenters. The van der Waals surface area contributed by atoms with E-state index in [1.165, 1.54) is 6.33 Å². The van der Waals surface area contributed by atoms with Crippen molar-refractivity contribution in [1.82, 2.24) is 34.3 Å². The van der Waals surface area contributed by atoms with Gasteiger partial charge in [0.15, 0.2) is 5.65 Å². The standard InChI is InChI=1S/C30H38N8O3S.C2H4O2/c1-36-14-16-37(17-15-36)23-8-10-24(11-9-23)38-30-27(29(31)32-20-33-30)28(35-38)22-6-12-25(13-7-22)41-26-5-3-4-21(18-26)19-34-42(2,39)40;1-2(3)4/h3-7,12-13,18,20,23-24,34H,8-11,14-17,19H2,1-2H3,(H2,31,32,33);1H3,(H,3,4). The Hall–Kier alpha value is -4.11. The van der Waals surface area contributed by atoms with Gasteiger partial charge in [0.25, 0.3) is 5.97 Å². The van der Waals surface area contributed by atoms with Crippen LogP contribution in [-0.2, 0) is 21.4 Å². The number of nitrogens with two attached hydrogens (primary N) is 1. The summed E-state index contributed by atoms with van der Waals surface area (Å²) >= 11 is 0. The van der Waals surface area contributed by atoms with E-state index >= 15 is 0 Å². The van der Waals surface area contributed by atoms with Crippen LogP contribution in [0.2, 0.25) is 0 Å². The number of likely N-dealkylation sites (N-methyl/N-ethyl adjacent to an activating group) is 1. The van der Waals surface area contributed by atoms with Gasteiger partial charge in [0.2, 0.25) is 10.0 Å². The average Bonchev–Trinajstić information content (AvgIpc) is 3.42. The summed E-state index contributed by atoms with van der Waals surface area (Å²) in [6, 6.07) is 16.0. The maximum Gasteiger partial charge on any atom is 0.300 e. The number of rotatable bonds is 8. The van der Waals surface area contributed by atoms with Crippen LogP contribution in [0.25, 0.3) is 22.3 Å². The molecule has 1 saturated heterocycles. The summed E-state index contributed by atoms with van der Waals surface area (Å²) in [4.78, 5) is 23.0. The third-order valence-electron chi connectivity index (χ3n) is 8.38. The van der Waals surface area contributed by atoms with Crippen molar-refractivity contribution in [3.8, 4) is 22.8 Å². The second kappa shape index (κ2) is 14.5. The fourth-order valence-corrected chi connectivity index (χ4v) is 6.49. The molecule has 1 aliphatic carbocycles. The highest BCUT2D eigenvalue weighted by Crippen LogP contribution is 2.37. The summed E-state index contributed by atoms with van der Waals surface area (Å²) in [6.45, 7) is 5.86. The minimum Gasteiger partial charge on any atom is -0.481 e. The SMILES string of the molecule is CC(=O)O.CN1CCN(C2CCC(n3nc(-c4ccc(Oc5cccc(CNS(C)(=O)=O)c5)cc4)c4c(N)ncnc43)CC2)CC1. The number of hydrogen-bond donors (Lipinski definition) is 3. The van der Waals surface area contributed by atoms with Crippen LogP contribution in [0.3, 0.4) is 0 Å². The normalized spacial score (nSPS) is 19.4. The van der Waals surface area contributed by atoms with E-state index < -0.39 is 16.0 Å². The van der Waals surface area contributed by atoms with Crippen LogP contribution in [0.5, 0.6) is 11.5 Å². The van der Waals surface area contributed by atoms with E-state index in [0.29, 0.717) is 23.4 Å². The first-order chi connectivity index (χ1) is 22.0. The quantitative estimate of drug-likeness (QED) is 0.254. The zero-order valence-corrected chi connectivity index (χ0v) is 27.3. The van der Waals surface area contributed by atoms with Crippen molar-refractivity contribution in [1.29, 1.82) is 0 Å². The lowest BCUT2D eigenvalue weighted by molar-refractivity contribution is -0.134. The largest absolute Gasteiger partial charge is 0.481 e. The summed E-state index contributed by atoms with van der Waals surface area (Å²) in [5.74, 6) is 0.865. The van der Waals surface area contributed by atoms with Crippen LogP contribution in [0.1, 0.15) is 44.2 Å². The van der Waals surface area contributed by atoms with Crippen LogP contribution < -0.4 is 15.2 Å². The molecule has 0 bridgehead atoms. The van der Waals surface area contributed by atoms with E-state index in [4.69, 9.17) is 25.5 Å². The second-order valence-electron chi connectivity index (χ2n) is 11.9. The first-order valence-corrected chi connectivity index (χ1v) is 17.3. The molecule has 2 fully saturated rings. The summed E-state index contributed by atoms with van der Waals surface area (Å²) in [5.41, 5.74) is 9.64. The summed E-state index contributed by atoms with van der Waals surface area (Å²) in [7, 11) is -1.08. The molecular formula is C32H42N8O5S. The highest BCUT2D eigenvalue weighted by Gasteiger charge is 2.30. The molecule has 2 aliphatic rings. The number of aliphatic carboxylic acids is 1. The van der Waals surface area contributed by atoms with Crippen molar-refractivity contribution in [3.63, 3.8) is 0 Å². The lowest BCUT2D eigenvalue weighted by Gasteiger charge is -2.41. The Kier molecular flexibility index (Phi) is 10.5. The van der Waals surface area contributed by atoms with E-state index in [0.717, 1.165) is 92.9 Å². The van der Waals surface area contributed by atoms with E-state index in [9.17, 15) is 8.42 Å². The Balaban J connectivity index is 0.000000985. The Labute approximate surface area is 269 Å². The number of ether oxygens (including phenoxy) is 1. The molecule has 0 amide bonds. The molecule has 6 rings (SSSR count). The van der Waals surface area contributed by atoms with E-state index in [-0.39, 0.29) is 12.6 Å². The van der Waals surface area contributed by atoms with Crippen LogP contribution in [-0.4, -0.2) is 94.6 Å². The van der Waals surface area contributed by atoms with Crippen molar-refractivity contribution in [2.75, 3.05) is 45.2 Å². The second-order valence-corrected chi connectivity index (χ2v) is 13.8. The summed E-state index contributed by atoms with van der Waals surface area (Å²) in [5, 5.41) is 13.3. The van der Waals surface area contributed by atoms with Crippen LogP contribution in [0, 0.1) is 0 Å². The molecule has 2 aromatic carbocycles. The minimum atomic E-state index is -3.28. The van der Waals surface area contributed by atoms with Gasteiger partial charge in [0, 0.05) is 51.3 Å². The monoisotopic (exact) mass is 650 g/mol. The molecule has 0 spiro atoms. The fourth-order valence-electron chi connectivity index (χ4n) is 6.06. The molecule has 13 nitrogen and oxygen atoms in total. The number of carbonyl (C=O) groups is 1. The molecule has 46 heavy (non-hydrogen) atoms. The number of nitrogens with zero attached hydrogens (tertiary/aromatic N) is 6. The minimum absolute atomic E-state index is 0.200. The van der Waals surface area contributed by atoms with Gasteiger partial charge < -0.3 is 20.5 Å². The zero-order valence-electron chi connectivity index (χ0n) is 26.5. The molecule has 4 aromatic rings. The van der Waals surface area contributed by atoms with E-state index in [1.54, 1.807) is 0 Å². The van der Waals surface area contributed by atoms with Gasteiger partial charge in [-0.3, -0.25) is 9.69 Å². The molecule has 4 N–H and O–H groups in total. The van der Waals surface area contributed by atoms with Gasteiger partial charge in [-0.1, -0.05) is 12.1 Å². The molecule has 14 heteroatoms. The van der Waals surface area contributed by atoms with Crippen molar-refractivity contribution in [3.05, 3.63) is 60.4 Å². The van der Waals surface area contributed by atoms with E-state index in [1.807, 2.05) is 48.5 Å². The summed E-state index contributed by atoms with van der Waals surface area (Å²) in [6.07, 6.45) is 7.09. The number of anilines is 1. The Morgan fingerprint density at radius 1 is 1.00 bits per heavy atom. The first-order valence-electron chi connectivity index (χ1n) is 15.4.